The summed E-state index contributed by atoms with van der Waals surface area (Å²) in [7, 11) is 1.10. The van der Waals surface area contributed by atoms with Crippen molar-refractivity contribution in [3.63, 3.8) is 0 Å². The molecule has 2 N–H and O–H groups in total. The van der Waals surface area contributed by atoms with Gasteiger partial charge in [-0.1, -0.05) is 42.5 Å². The monoisotopic (exact) mass is 406 g/mol. The van der Waals surface area contributed by atoms with Gasteiger partial charge >= 0.3 is 6.18 Å². The lowest BCUT2D eigenvalue weighted by Gasteiger charge is -2.34. The molecule has 3 atom stereocenters. The number of halogens is 3. The lowest BCUT2D eigenvalue weighted by Crippen LogP contribution is -2.45. The van der Waals surface area contributed by atoms with Crippen LogP contribution in [0.5, 0.6) is 0 Å². The Labute approximate surface area is 170 Å². The van der Waals surface area contributed by atoms with Crippen LogP contribution in [-0.2, 0) is 11.3 Å². The molecule has 3 rings (SSSR count). The number of hydrogen-bond donors (Lipinski definition) is 2. The Morgan fingerprint density at radius 1 is 1.14 bits per heavy atom. The molecule has 2 unspecified atom stereocenters. The third-order valence-electron chi connectivity index (χ3n) is 5.71. The second kappa shape index (κ2) is 9.28. The van der Waals surface area contributed by atoms with Gasteiger partial charge in [0.25, 0.3) is 0 Å². The summed E-state index contributed by atoms with van der Waals surface area (Å²) in [6.07, 6.45) is -4.26. The molecule has 1 heterocycles. The average molecular weight is 406 g/mol. The molecule has 0 saturated carbocycles. The predicted octanol–water partition coefficient (Wildman–Crippen LogP) is 5.14. The van der Waals surface area contributed by atoms with Crippen LogP contribution in [0.1, 0.15) is 52.8 Å². The standard InChI is InChI=1S/C23H29F3N2O/c1-15-12-16(2)19(22(29-3)23(24,25)26)13-18(15)14-28-20-10-7-11-27-21(20)17-8-5-4-6-9-17/h4-6,8-9,12-13,20-22,27-28H,7,10-11,14H2,1-3H3/t20?,21?,22-/m0/s1. The van der Waals surface area contributed by atoms with Crippen LogP contribution in [0.25, 0.3) is 0 Å². The Morgan fingerprint density at radius 3 is 2.52 bits per heavy atom. The molecule has 6 heteroatoms. The Hall–Kier alpha value is -1.89. The lowest BCUT2D eigenvalue weighted by atomic mass is 9.91. The maximum Gasteiger partial charge on any atom is 0.418 e. The van der Waals surface area contributed by atoms with Crippen molar-refractivity contribution in [2.24, 2.45) is 0 Å². The second-order valence-corrected chi connectivity index (χ2v) is 7.76. The number of hydrogen-bond acceptors (Lipinski definition) is 3. The fourth-order valence-corrected chi connectivity index (χ4v) is 4.19. The van der Waals surface area contributed by atoms with Crippen molar-refractivity contribution >= 4 is 0 Å². The number of benzene rings is 2. The summed E-state index contributed by atoms with van der Waals surface area (Å²) >= 11 is 0. The summed E-state index contributed by atoms with van der Waals surface area (Å²) in [6, 6.07) is 14.2. The molecule has 1 aliphatic rings. The predicted molar refractivity (Wildman–Crippen MR) is 109 cm³/mol. The van der Waals surface area contributed by atoms with Gasteiger partial charge in [0.05, 0.1) is 0 Å². The Kier molecular flexibility index (Phi) is 6.98. The van der Waals surface area contributed by atoms with E-state index in [-0.39, 0.29) is 17.6 Å². The summed E-state index contributed by atoms with van der Waals surface area (Å²) in [5, 5.41) is 7.16. The van der Waals surface area contributed by atoms with Gasteiger partial charge in [-0.15, -0.1) is 0 Å². The van der Waals surface area contributed by atoms with E-state index in [2.05, 4.69) is 22.8 Å². The van der Waals surface area contributed by atoms with E-state index in [9.17, 15) is 13.2 Å². The third-order valence-corrected chi connectivity index (χ3v) is 5.71. The smallest absolute Gasteiger partial charge is 0.367 e. The van der Waals surface area contributed by atoms with Gasteiger partial charge in [0.15, 0.2) is 6.10 Å². The molecule has 29 heavy (non-hydrogen) atoms. The molecule has 158 valence electrons. The Bertz CT molecular complexity index is 808. The number of ether oxygens (including phenoxy) is 1. The van der Waals surface area contributed by atoms with E-state index in [4.69, 9.17) is 4.74 Å². The van der Waals surface area contributed by atoms with Crippen LogP contribution < -0.4 is 10.6 Å². The largest absolute Gasteiger partial charge is 0.418 e. The molecule has 2 aromatic carbocycles. The minimum Gasteiger partial charge on any atom is -0.367 e. The van der Waals surface area contributed by atoms with Crippen LogP contribution in [0.3, 0.4) is 0 Å². The van der Waals surface area contributed by atoms with Crippen molar-refractivity contribution in [3.05, 3.63) is 70.3 Å². The van der Waals surface area contributed by atoms with Gasteiger partial charge in [-0.2, -0.15) is 13.2 Å². The molecule has 0 radical (unpaired) electrons. The highest BCUT2D eigenvalue weighted by molar-refractivity contribution is 5.39. The van der Waals surface area contributed by atoms with Gasteiger partial charge in [-0.3, -0.25) is 0 Å². The van der Waals surface area contributed by atoms with E-state index >= 15 is 0 Å². The topological polar surface area (TPSA) is 33.3 Å². The summed E-state index contributed by atoms with van der Waals surface area (Å²) in [5.41, 5.74) is 3.85. The normalized spacial score (nSPS) is 21.2. The van der Waals surface area contributed by atoms with Crippen molar-refractivity contribution < 1.29 is 17.9 Å². The van der Waals surface area contributed by atoms with Gasteiger partial charge in [0, 0.05) is 25.7 Å². The van der Waals surface area contributed by atoms with E-state index < -0.39 is 12.3 Å². The van der Waals surface area contributed by atoms with Crippen molar-refractivity contribution in [2.45, 2.75) is 57.6 Å². The van der Waals surface area contributed by atoms with Crippen LogP contribution >= 0.6 is 0 Å². The van der Waals surface area contributed by atoms with Gasteiger partial charge in [-0.25, -0.2) is 0 Å². The first-order valence-electron chi connectivity index (χ1n) is 10.0. The number of piperidine rings is 1. The highest BCUT2D eigenvalue weighted by Crippen LogP contribution is 2.37. The maximum absolute atomic E-state index is 13.4. The highest BCUT2D eigenvalue weighted by atomic mass is 19.4. The summed E-state index contributed by atoms with van der Waals surface area (Å²) in [4.78, 5) is 0. The van der Waals surface area contributed by atoms with E-state index in [1.165, 1.54) is 5.56 Å². The molecule has 0 bridgehead atoms. The lowest BCUT2D eigenvalue weighted by molar-refractivity contribution is -0.216. The van der Waals surface area contributed by atoms with Crippen LogP contribution in [0, 0.1) is 13.8 Å². The number of alkyl halides is 3. The zero-order valence-corrected chi connectivity index (χ0v) is 17.1. The zero-order chi connectivity index (χ0) is 21.0. The van der Waals surface area contributed by atoms with E-state index in [1.54, 1.807) is 13.0 Å². The first kappa shape index (κ1) is 21.8. The highest BCUT2D eigenvalue weighted by Gasteiger charge is 2.42. The van der Waals surface area contributed by atoms with Gasteiger partial charge in [-0.05, 0) is 61.1 Å². The molecular weight excluding hydrogens is 377 g/mol. The Balaban J connectivity index is 1.80. The number of nitrogens with one attached hydrogen (secondary N) is 2. The minimum atomic E-state index is -4.44. The molecule has 1 aliphatic heterocycles. The van der Waals surface area contributed by atoms with Crippen molar-refractivity contribution in [1.82, 2.24) is 10.6 Å². The quantitative estimate of drug-likeness (QED) is 0.697. The summed E-state index contributed by atoms with van der Waals surface area (Å²) in [6.45, 7) is 5.13. The van der Waals surface area contributed by atoms with Crippen molar-refractivity contribution in [3.8, 4) is 0 Å². The molecule has 3 nitrogen and oxygen atoms in total. The molecule has 0 aliphatic carbocycles. The summed E-state index contributed by atoms with van der Waals surface area (Å²) in [5.74, 6) is 0. The van der Waals surface area contributed by atoms with Crippen LogP contribution in [-0.4, -0.2) is 25.9 Å². The molecule has 0 amide bonds. The molecule has 1 fully saturated rings. The summed E-state index contributed by atoms with van der Waals surface area (Å²) < 4.78 is 44.9. The zero-order valence-electron chi connectivity index (χ0n) is 17.1. The van der Waals surface area contributed by atoms with Gasteiger partial charge < -0.3 is 15.4 Å². The number of rotatable bonds is 6. The molecule has 2 aromatic rings. The molecule has 1 saturated heterocycles. The van der Waals surface area contributed by atoms with Gasteiger partial charge in [0.1, 0.15) is 0 Å². The van der Waals surface area contributed by atoms with Crippen molar-refractivity contribution in [1.29, 1.82) is 0 Å². The molecule has 0 aromatic heterocycles. The average Bonchev–Trinajstić information content (AvgIpc) is 2.69. The third kappa shape index (κ3) is 5.18. The van der Waals surface area contributed by atoms with Crippen molar-refractivity contribution in [2.75, 3.05) is 13.7 Å². The molecular formula is C23H29F3N2O. The SMILES string of the molecule is CO[C@@H](c1cc(CNC2CCCNC2c2ccccc2)c(C)cc1C)C(F)(F)F. The van der Waals surface area contributed by atoms with Gasteiger partial charge in [0.2, 0.25) is 0 Å². The minimum absolute atomic E-state index is 0.184. The van der Waals surface area contributed by atoms with Crippen LogP contribution in [0.4, 0.5) is 13.2 Å². The van der Waals surface area contributed by atoms with Crippen LogP contribution in [0.15, 0.2) is 42.5 Å². The fourth-order valence-electron chi connectivity index (χ4n) is 4.19. The fraction of sp³-hybridized carbons (Fsp3) is 0.478. The first-order valence-corrected chi connectivity index (χ1v) is 10.0. The Morgan fingerprint density at radius 2 is 1.86 bits per heavy atom. The van der Waals surface area contributed by atoms with E-state index in [0.29, 0.717) is 12.1 Å². The van der Waals surface area contributed by atoms with Crippen LogP contribution in [0.2, 0.25) is 0 Å². The molecule has 0 spiro atoms. The number of aryl methyl sites for hydroxylation is 2. The number of methoxy groups -OCH3 is 1. The first-order chi connectivity index (χ1) is 13.8. The van der Waals surface area contributed by atoms with E-state index in [1.807, 2.05) is 31.2 Å². The van der Waals surface area contributed by atoms with E-state index in [0.717, 1.165) is 37.6 Å². The second-order valence-electron chi connectivity index (χ2n) is 7.76. The maximum atomic E-state index is 13.4.